The van der Waals surface area contributed by atoms with Gasteiger partial charge in [-0.25, -0.2) is 0 Å². The summed E-state index contributed by atoms with van der Waals surface area (Å²) in [5, 5.41) is 3.31. The summed E-state index contributed by atoms with van der Waals surface area (Å²) < 4.78 is 0. The first-order chi connectivity index (χ1) is 12.3. The number of unbranched alkanes of at least 4 members (excludes halogenated alkanes) is 13. The van der Waals surface area contributed by atoms with E-state index in [2.05, 4.69) is 24.2 Å². The monoisotopic (exact) mass is 351 g/mol. The minimum Gasteiger partial charge on any atom is -0.371 e. The summed E-state index contributed by atoms with van der Waals surface area (Å²) in [5.41, 5.74) is 6.28. The molecule has 25 heavy (non-hydrogen) atoms. The highest BCUT2D eigenvalue weighted by Gasteiger charge is 2.20. The summed E-state index contributed by atoms with van der Waals surface area (Å²) in [6.45, 7) is 6.43. The lowest BCUT2D eigenvalue weighted by Gasteiger charge is -2.20. The van der Waals surface area contributed by atoms with Crippen LogP contribution in [0.5, 0.6) is 0 Å². The fourth-order valence-corrected chi connectivity index (χ4v) is 3.75. The molecule has 0 radical (unpaired) electrons. The van der Waals surface area contributed by atoms with Gasteiger partial charge in [-0.2, -0.15) is 0 Å². The van der Waals surface area contributed by atoms with Crippen LogP contribution in [0.25, 0.3) is 0 Å². The number of aliphatic imine (C=N–C) groups is 1. The van der Waals surface area contributed by atoms with Crippen LogP contribution in [0.15, 0.2) is 4.99 Å². The summed E-state index contributed by atoms with van der Waals surface area (Å²) in [6, 6.07) is 0.115. The Labute approximate surface area is 157 Å². The van der Waals surface area contributed by atoms with Crippen molar-refractivity contribution in [3.8, 4) is 0 Å². The molecular weight excluding hydrogens is 306 g/mol. The molecule has 3 nitrogen and oxygen atoms in total. The lowest BCUT2D eigenvalue weighted by atomic mass is 9.94. The minimum atomic E-state index is 0.115. The molecule has 0 aromatic rings. The highest BCUT2D eigenvalue weighted by atomic mass is 15.1. The number of rotatable bonds is 17. The third-order valence-electron chi connectivity index (χ3n) is 5.64. The molecule has 0 aromatic heterocycles. The molecule has 0 bridgehead atoms. The quantitative estimate of drug-likeness (QED) is 0.324. The van der Waals surface area contributed by atoms with E-state index in [1.165, 1.54) is 96.3 Å². The van der Waals surface area contributed by atoms with Gasteiger partial charge in [-0.15, -0.1) is 0 Å². The number of nitrogens with one attached hydrogen (secondary N) is 1. The molecule has 3 N–H and O–H groups in total. The number of nitrogens with two attached hydrogens (primary N) is 1. The molecule has 0 saturated carbocycles. The van der Waals surface area contributed by atoms with Crippen molar-refractivity contribution in [2.75, 3.05) is 13.1 Å². The van der Waals surface area contributed by atoms with Crippen molar-refractivity contribution < 1.29 is 0 Å². The molecule has 1 aliphatic rings. The average molecular weight is 352 g/mol. The zero-order chi connectivity index (χ0) is 18.2. The summed E-state index contributed by atoms with van der Waals surface area (Å²) in [7, 11) is 0. The molecule has 3 heteroatoms. The Morgan fingerprint density at radius 1 is 0.840 bits per heavy atom. The van der Waals surface area contributed by atoms with E-state index in [-0.39, 0.29) is 6.04 Å². The summed E-state index contributed by atoms with van der Waals surface area (Å²) in [5.74, 6) is 1.58. The summed E-state index contributed by atoms with van der Waals surface area (Å²) >= 11 is 0. The second kappa shape index (κ2) is 15.7. The van der Waals surface area contributed by atoms with Crippen molar-refractivity contribution >= 4 is 5.84 Å². The van der Waals surface area contributed by atoms with Gasteiger partial charge in [-0.3, -0.25) is 4.99 Å². The van der Waals surface area contributed by atoms with Gasteiger partial charge in [-0.1, -0.05) is 104 Å². The van der Waals surface area contributed by atoms with Crippen molar-refractivity contribution in [1.29, 1.82) is 0 Å². The zero-order valence-electron chi connectivity index (χ0n) is 17.2. The maximum absolute atomic E-state index is 6.28. The van der Waals surface area contributed by atoms with E-state index in [1.807, 2.05) is 0 Å². The van der Waals surface area contributed by atoms with Crippen LogP contribution in [-0.2, 0) is 0 Å². The van der Waals surface area contributed by atoms with Gasteiger partial charge in [0, 0.05) is 6.54 Å². The first kappa shape index (κ1) is 22.5. The fourth-order valence-electron chi connectivity index (χ4n) is 3.75. The normalized spacial score (nSPS) is 16.5. The smallest absolute Gasteiger partial charge is 0.114 e. The third-order valence-corrected chi connectivity index (χ3v) is 5.64. The number of nitrogens with zero attached hydrogens (tertiary/aromatic N) is 1. The van der Waals surface area contributed by atoms with Gasteiger partial charge in [-0.05, 0) is 12.3 Å². The van der Waals surface area contributed by atoms with Crippen molar-refractivity contribution in [3.63, 3.8) is 0 Å². The molecule has 1 heterocycles. The minimum absolute atomic E-state index is 0.115. The third kappa shape index (κ3) is 11.6. The standard InChI is InChI=1S/C22H45N3/c1-3-4-5-6-7-8-9-10-11-12-13-14-15-16-17-20(2)21(23)22-24-18-19-25-22/h20-21H,3-19,23H2,1-2H3,(H,24,25). The van der Waals surface area contributed by atoms with E-state index >= 15 is 0 Å². The number of hydrogen-bond acceptors (Lipinski definition) is 3. The molecule has 0 amide bonds. The summed E-state index contributed by atoms with van der Waals surface area (Å²) in [4.78, 5) is 4.45. The molecule has 0 fully saturated rings. The number of hydrogen-bond donors (Lipinski definition) is 2. The Balaban J connectivity index is 1.80. The van der Waals surface area contributed by atoms with Crippen LogP contribution in [-0.4, -0.2) is 25.0 Å². The number of amidine groups is 1. The topological polar surface area (TPSA) is 50.4 Å². The Morgan fingerprint density at radius 2 is 1.32 bits per heavy atom. The van der Waals surface area contributed by atoms with Crippen molar-refractivity contribution in [1.82, 2.24) is 5.32 Å². The van der Waals surface area contributed by atoms with Gasteiger partial charge in [0.15, 0.2) is 0 Å². The Hall–Kier alpha value is -0.570. The second-order valence-corrected chi connectivity index (χ2v) is 8.08. The molecule has 0 aromatic carbocycles. The van der Waals surface area contributed by atoms with E-state index in [9.17, 15) is 0 Å². The van der Waals surface area contributed by atoms with Crippen LogP contribution in [0, 0.1) is 5.92 Å². The molecule has 2 unspecified atom stereocenters. The Kier molecular flexibility index (Phi) is 14.1. The predicted octanol–water partition coefficient (Wildman–Crippen LogP) is 5.82. The lowest BCUT2D eigenvalue weighted by molar-refractivity contribution is 0.454. The second-order valence-electron chi connectivity index (χ2n) is 8.08. The van der Waals surface area contributed by atoms with Crippen LogP contribution in [0.1, 0.15) is 110 Å². The van der Waals surface area contributed by atoms with E-state index in [0.717, 1.165) is 18.9 Å². The van der Waals surface area contributed by atoms with E-state index < -0.39 is 0 Å². The van der Waals surface area contributed by atoms with Crippen LogP contribution >= 0.6 is 0 Å². The van der Waals surface area contributed by atoms with E-state index in [4.69, 9.17) is 5.73 Å². The molecule has 0 aliphatic carbocycles. The predicted molar refractivity (Wildman–Crippen MR) is 112 cm³/mol. The van der Waals surface area contributed by atoms with Gasteiger partial charge in [0.05, 0.1) is 12.6 Å². The van der Waals surface area contributed by atoms with E-state index in [0.29, 0.717) is 5.92 Å². The first-order valence-electron chi connectivity index (χ1n) is 11.3. The Morgan fingerprint density at radius 3 is 1.76 bits per heavy atom. The highest BCUT2D eigenvalue weighted by molar-refractivity contribution is 5.88. The summed E-state index contributed by atoms with van der Waals surface area (Å²) in [6.07, 6.45) is 21.2. The SMILES string of the molecule is CCCCCCCCCCCCCCCCC(C)C(N)C1=NCCN1. The van der Waals surface area contributed by atoms with Crippen LogP contribution < -0.4 is 11.1 Å². The van der Waals surface area contributed by atoms with Gasteiger partial charge in [0.1, 0.15) is 5.84 Å². The van der Waals surface area contributed by atoms with Gasteiger partial charge in [0.2, 0.25) is 0 Å². The maximum atomic E-state index is 6.28. The zero-order valence-corrected chi connectivity index (χ0v) is 17.2. The van der Waals surface area contributed by atoms with Crippen LogP contribution in [0.4, 0.5) is 0 Å². The van der Waals surface area contributed by atoms with Gasteiger partial charge >= 0.3 is 0 Å². The molecule has 2 atom stereocenters. The van der Waals surface area contributed by atoms with Gasteiger partial charge in [0.25, 0.3) is 0 Å². The fraction of sp³-hybridized carbons (Fsp3) is 0.955. The first-order valence-corrected chi connectivity index (χ1v) is 11.3. The highest BCUT2D eigenvalue weighted by Crippen LogP contribution is 2.16. The molecule has 148 valence electrons. The molecular formula is C22H45N3. The molecule has 1 rings (SSSR count). The van der Waals surface area contributed by atoms with Crippen LogP contribution in [0.3, 0.4) is 0 Å². The van der Waals surface area contributed by atoms with Crippen LogP contribution in [0.2, 0.25) is 0 Å². The molecule has 0 spiro atoms. The van der Waals surface area contributed by atoms with Crippen molar-refractivity contribution in [2.45, 2.75) is 116 Å². The maximum Gasteiger partial charge on any atom is 0.114 e. The van der Waals surface area contributed by atoms with Crippen molar-refractivity contribution in [3.05, 3.63) is 0 Å². The van der Waals surface area contributed by atoms with Gasteiger partial charge < -0.3 is 11.1 Å². The average Bonchev–Trinajstić information content (AvgIpc) is 3.15. The van der Waals surface area contributed by atoms with E-state index in [1.54, 1.807) is 0 Å². The Bertz CT molecular complexity index is 327. The lowest BCUT2D eigenvalue weighted by Crippen LogP contribution is -2.42. The largest absolute Gasteiger partial charge is 0.371 e. The molecule has 1 aliphatic heterocycles. The molecule has 0 saturated heterocycles. The van der Waals surface area contributed by atoms with Crippen molar-refractivity contribution in [2.24, 2.45) is 16.6 Å².